The number of Topliss-reactive ketones (excluding diaryl/α,β-unsaturated/α-hetero) is 2. The van der Waals surface area contributed by atoms with E-state index < -0.39 is 40.8 Å². The summed E-state index contributed by atoms with van der Waals surface area (Å²) in [4.78, 5) is 121. The third-order valence-corrected chi connectivity index (χ3v) is 16.5. The minimum Gasteiger partial charge on any atom is -0.870 e. The average molecular weight is 1470 g/mol. The largest absolute Gasteiger partial charge is 1.00 e. The van der Waals surface area contributed by atoms with Crippen LogP contribution in [0.3, 0.4) is 0 Å². The molecular formula is C66H77BrCl3N12NaO14. The monoisotopic (exact) mass is 1470 g/mol. The van der Waals surface area contributed by atoms with Gasteiger partial charge in [-0.2, -0.15) is 0 Å². The van der Waals surface area contributed by atoms with Crippen molar-refractivity contribution in [1.82, 2.24) is 30.1 Å². The number of rotatable bonds is 22. The van der Waals surface area contributed by atoms with Crippen LogP contribution in [0.25, 0.3) is 0 Å². The summed E-state index contributed by atoms with van der Waals surface area (Å²) in [5, 5.41) is 41.6. The SMILES string of the molecule is CCOC(=O)C(Br)C(C)=O.CCOC(=O)C(C(C)=O)N1CCC(Nc2ncccc2C(=O)Nc2cccc(Cl)c2)CC1.O=C(Nc1cccc(Cl)c1)c1cccnc1NC1CCN(C(C(=O)O)C(=O)O)CC1.O=C(Nc1cccc(Cl)c1)c1cccnc1NC1CCNCC1.[Na+].[OH-]. The van der Waals surface area contributed by atoms with Crippen molar-refractivity contribution >= 4 is 138 Å². The van der Waals surface area contributed by atoms with E-state index in [0.29, 0.717) is 131 Å². The maximum atomic E-state index is 12.8. The maximum absolute atomic E-state index is 12.8. The third kappa shape index (κ3) is 26.6. The van der Waals surface area contributed by atoms with Crippen molar-refractivity contribution in [3.63, 3.8) is 0 Å². The first-order chi connectivity index (χ1) is 45.5. The number of amides is 3. The number of aromatic nitrogens is 3. The molecule has 0 bridgehead atoms. The molecule has 3 aromatic heterocycles. The van der Waals surface area contributed by atoms with Gasteiger partial charge in [0.15, 0.2) is 22.4 Å². The molecule has 0 aliphatic carbocycles. The number of benzene rings is 3. The van der Waals surface area contributed by atoms with Gasteiger partial charge < -0.3 is 62.4 Å². The molecular weight excluding hydrogens is 1390 g/mol. The topological polar surface area (TPSA) is 372 Å². The second-order valence-electron chi connectivity index (χ2n) is 21.7. The van der Waals surface area contributed by atoms with Crippen LogP contribution in [0.4, 0.5) is 34.5 Å². The van der Waals surface area contributed by atoms with Crippen molar-refractivity contribution in [3.8, 4) is 0 Å². The summed E-state index contributed by atoms with van der Waals surface area (Å²) in [7, 11) is 0. The van der Waals surface area contributed by atoms with E-state index in [4.69, 9.17) is 49.8 Å². The number of anilines is 6. The number of hydrogen-bond donors (Lipinski definition) is 9. The molecule has 3 saturated heterocycles. The Morgan fingerprint density at radius 2 is 0.845 bits per heavy atom. The molecule has 97 heavy (non-hydrogen) atoms. The first kappa shape index (κ1) is 81.8. The van der Waals surface area contributed by atoms with Gasteiger partial charge in [-0.25, -0.2) is 29.3 Å². The molecule has 6 aromatic rings. The Balaban J connectivity index is 0.000000288. The smallest absolute Gasteiger partial charge is 0.870 e. The predicted octanol–water partition coefficient (Wildman–Crippen LogP) is 6.67. The first-order valence-electron chi connectivity index (χ1n) is 30.5. The molecule has 6 heterocycles. The maximum Gasteiger partial charge on any atom is 1.00 e. The Morgan fingerprint density at radius 1 is 0.515 bits per heavy atom. The van der Waals surface area contributed by atoms with Crippen LogP contribution in [0.5, 0.6) is 0 Å². The fraction of sp³-hybridized carbons (Fsp3) is 0.364. The number of carboxylic acid groups (broad SMARTS) is 2. The zero-order valence-electron chi connectivity index (χ0n) is 54.1. The Kier molecular flexibility index (Phi) is 35.6. The van der Waals surface area contributed by atoms with Crippen molar-refractivity contribution in [3.05, 3.63) is 160 Å². The van der Waals surface area contributed by atoms with Crippen molar-refractivity contribution in [2.24, 2.45) is 0 Å². The van der Waals surface area contributed by atoms with Crippen LogP contribution in [0, 0.1) is 0 Å². The number of carboxylic acids is 2. The molecule has 0 radical (unpaired) electrons. The van der Waals surface area contributed by atoms with Crippen molar-refractivity contribution < 1.29 is 97.9 Å². The van der Waals surface area contributed by atoms with E-state index in [1.54, 1.807) is 142 Å². The number of hydrogen-bond acceptors (Lipinski definition) is 21. The number of alkyl halides is 1. The molecule has 3 aliphatic rings. The molecule has 2 atom stereocenters. The molecule has 3 aromatic carbocycles. The van der Waals surface area contributed by atoms with Crippen molar-refractivity contribution in [2.45, 2.75) is 101 Å². The van der Waals surface area contributed by atoms with E-state index in [0.717, 1.165) is 25.9 Å². The molecule has 0 spiro atoms. The third-order valence-electron chi connectivity index (χ3n) is 14.8. The van der Waals surface area contributed by atoms with Gasteiger partial charge in [-0.15, -0.1) is 0 Å². The first-order valence-corrected chi connectivity index (χ1v) is 32.6. The molecule has 2 unspecified atom stereocenters. The van der Waals surface area contributed by atoms with Gasteiger partial charge in [-0.05, 0) is 170 Å². The second kappa shape index (κ2) is 42.2. The number of nitrogens with zero attached hydrogens (tertiary/aromatic N) is 5. The Morgan fingerprint density at radius 3 is 1.15 bits per heavy atom. The molecule has 0 saturated carbocycles. The van der Waals surface area contributed by atoms with E-state index in [9.17, 15) is 43.2 Å². The zero-order chi connectivity index (χ0) is 69.0. The molecule has 3 amide bonds. The fourth-order valence-electron chi connectivity index (χ4n) is 10.1. The average Bonchev–Trinajstić information content (AvgIpc) is 0.867. The number of esters is 2. The minimum absolute atomic E-state index is 0. The second-order valence-corrected chi connectivity index (χ2v) is 24.0. The van der Waals surface area contributed by atoms with Crippen LogP contribution in [0.1, 0.15) is 97.3 Å². The number of ether oxygens (including phenoxy) is 2. The normalized spacial score (nSPS) is 14.6. The summed E-state index contributed by atoms with van der Waals surface area (Å²) in [5.74, 6) is -3.55. The van der Waals surface area contributed by atoms with Gasteiger partial charge in [0.25, 0.3) is 17.7 Å². The van der Waals surface area contributed by atoms with E-state index >= 15 is 0 Å². The van der Waals surface area contributed by atoms with Gasteiger partial charge in [0.2, 0.25) is 6.04 Å². The number of piperidine rings is 3. The number of carbonyl (C=O) groups is 9. The van der Waals surface area contributed by atoms with Gasteiger partial charge in [-0.1, -0.05) is 68.9 Å². The Hall–Kier alpha value is -7.67. The molecule has 10 N–H and O–H groups in total. The number of carbonyl (C=O) groups excluding carboxylic acids is 7. The summed E-state index contributed by atoms with van der Waals surface area (Å²) in [6.45, 7) is 10.4. The number of ketones is 2. The van der Waals surface area contributed by atoms with E-state index in [1.807, 2.05) is 4.90 Å². The summed E-state index contributed by atoms with van der Waals surface area (Å²) in [6.07, 6.45) is 9.34. The van der Waals surface area contributed by atoms with Gasteiger partial charge in [0, 0.05) is 95.0 Å². The molecule has 9 rings (SSSR count). The van der Waals surface area contributed by atoms with Crippen LogP contribution < -0.4 is 66.8 Å². The summed E-state index contributed by atoms with van der Waals surface area (Å²) >= 11 is 20.8. The Labute approximate surface area is 607 Å². The zero-order valence-corrected chi connectivity index (χ0v) is 59.9. The minimum atomic E-state index is -1.56. The fourth-order valence-corrected chi connectivity index (χ4v) is 10.9. The molecule has 514 valence electrons. The summed E-state index contributed by atoms with van der Waals surface area (Å²) in [6, 6.07) is 29.0. The van der Waals surface area contributed by atoms with Gasteiger partial charge in [-0.3, -0.25) is 38.6 Å². The van der Waals surface area contributed by atoms with Crippen molar-refractivity contribution in [1.29, 1.82) is 0 Å². The van der Waals surface area contributed by atoms with Gasteiger partial charge in [0.1, 0.15) is 17.5 Å². The number of likely N-dealkylation sites (tertiary alicyclic amines) is 2. The van der Waals surface area contributed by atoms with E-state index in [2.05, 4.69) is 72.8 Å². The number of pyridine rings is 3. The molecule has 26 nitrogen and oxygen atoms in total. The summed E-state index contributed by atoms with van der Waals surface area (Å²) < 4.78 is 9.62. The van der Waals surface area contributed by atoms with E-state index in [-0.39, 0.29) is 83.0 Å². The Bertz CT molecular complexity index is 3610. The number of aliphatic carboxylic acids is 2. The van der Waals surface area contributed by atoms with E-state index in [1.165, 1.54) is 18.7 Å². The van der Waals surface area contributed by atoms with Gasteiger partial charge >= 0.3 is 53.4 Å². The van der Waals surface area contributed by atoms with Crippen LogP contribution in [0.2, 0.25) is 15.1 Å². The molecule has 3 fully saturated rings. The van der Waals surface area contributed by atoms with Crippen molar-refractivity contribution in [2.75, 3.05) is 84.4 Å². The molecule has 3 aliphatic heterocycles. The predicted molar refractivity (Wildman–Crippen MR) is 369 cm³/mol. The van der Waals surface area contributed by atoms with Crippen LogP contribution in [0.15, 0.2) is 128 Å². The molecule has 31 heteroatoms. The van der Waals surface area contributed by atoms with Gasteiger partial charge in [0.05, 0.1) is 29.9 Å². The van der Waals surface area contributed by atoms with Crippen LogP contribution in [-0.4, -0.2) is 181 Å². The quantitative estimate of drug-likeness (QED) is 0.0148. The standard InChI is InChI=1S/C23H27ClN4O4.C20H21ClN4O5.C17H19ClN4O.C6H9BrO3.Na.H2O/c1-3-32-23(31)20(15(2)29)28-12-9-17(10-13-28)26-21-19(8-5-11-25-21)22(30)27-18-7-4-6-16(24)14-18;21-12-3-1-4-14(11-12)24-18(26)15-5-2-8-22-17(15)23-13-6-9-25(10-7-13)16(19(27)28)20(29)30;18-12-3-1-4-14(11-12)22-17(23)15-5-2-8-20-16(15)21-13-6-9-19-10-7-13;1-3-10-6(9)5(7)4(2)8;;/h4-8,11,14,17,20H,3,9-10,12-13H2,1-2H3,(H,25,26)(H,27,30);1-5,8,11,13,16H,6-7,9-10H2,(H,22,23)(H,24,26)(H,27,28)(H,29,30);1-5,8,11,13,19H,6-7,9-10H2,(H,20,21)(H,22,23);5H,3H2,1-2H3;;1H2/q;;;;+1;/p-1. The summed E-state index contributed by atoms with van der Waals surface area (Å²) in [5.41, 5.74) is 3.13. The van der Waals surface area contributed by atoms with Crippen LogP contribution >= 0.6 is 50.7 Å². The van der Waals surface area contributed by atoms with Crippen LogP contribution in [-0.2, 0) is 38.2 Å². The number of halogens is 4. The number of nitrogens with one attached hydrogen (secondary N) is 7.